The summed E-state index contributed by atoms with van der Waals surface area (Å²) >= 11 is 0. The van der Waals surface area contributed by atoms with Crippen LogP contribution in [0, 0.1) is 0 Å². The molecule has 0 aromatic carbocycles. The van der Waals surface area contributed by atoms with Crippen molar-refractivity contribution in [2.45, 2.75) is 6.42 Å². The van der Waals surface area contributed by atoms with E-state index >= 15 is 0 Å². The molecule has 0 fully saturated rings. The first-order valence-corrected chi connectivity index (χ1v) is 17.8. The molecule has 0 rings (SSSR count). The van der Waals surface area contributed by atoms with Crippen molar-refractivity contribution in [2.24, 2.45) is 0 Å². The summed E-state index contributed by atoms with van der Waals surface area (Å²) in [5.41, 5.74) is 0. The quantitative estimate of drug-likeness (QED) is 0.0622. The molecule has 20 heteroatoms. The molecule has 0 unspecified atom stereocenters. The van der Waals surface area contributed by atoms with Crippen LogP contribution in [0.1, 0.15) is 6.42 Å². The van der Waals surface area contributed by atoms with Gasteiger partial charge in [-0.05, 0) is 0 Å². The van der Waals surface area contributed by atoms with Gasteiger partial charge < -0.3 is 81.8 Å². The number of carbonyl (C=O) groups excluding carboxylic acids is 1. The molecule has 0 spiro atoms. The number of rotatable bonds is 46. The van der Waals surface area contributed by atoms with E-state index in [1.54, 1.807) is 0 Å². The fourth-order valence-corrected chi connectivity index (χ4v) is 3.45. The fourth-order valence-electron chi connectivity index (χ4n) is 3.45. The summed E-state index contributed by atoms with van der Waals surface area (Å²) in [6.07, 6.45) is -0.0108. The Labute approximate surface area is 312 Å². The zero-order chi connectivity index (χ0) is 38.6. The summed E-state index contributed by atoms with van der Waals surface area (Å²) in [5.74, 6) is -2.41. The van der Waals surface area contributed by atoms with Crippen molar-refractivity contribution in [3.05, 3.63) is 0 Å². The highest BCUT2D eigenvalue weighted by Crippen LogP contribution is 1.88. The van der Waals surface area contributed by atoms with E-state index in [2.05, 4.69) is 10.1 Å². The second-order valence-corrected chi connectivity index (χ2v) is 10.3. The lowest BCUT2D eigenvalue weighted by atomic mass is 10.5. The number of hydrogen-bond donors (Lipinski definition) is 3. The van der Waals surface area contributed by atoms with Crippen LogP contribution in [0.5, 0.6) is 0 Å². The molecular weight excluding hydrogens is 714 g/mol. The molecule has 0 aliphatic rings. The first-order chi connectivity index (χ1) is 26.0. The molecule has 20 nitrogen and oxygen atoms in total. The van der Waals surface area contributed by atoms with E-state index < -0.39 is 24.5 Å². The van der Waals surface area contributed by atoms with Gasteiger partial charge >= 0.3 is 11.9 Å². The van der Waals surface area contributed by atoms with Gasteiger partial charge in [-0.25, -0.2) is 4.79 Å². The molecule has 53 heavy (non-hydrogen) atoms. The lowest BCUT2D eigenvalue weighted by molar-refractivity contribution is -0.143. The average molecular weight is 778 g/mol. The Kier molecular flexibility index (Phi) is 42.5. The molecular formula is C33H63NO19. The van der Waals surface area contributed by atoms with E-state index in [4.69, 9.17) is 71.8 Å². The molecule has 0 aliphatic carbocycles. The molecule has 0 aromatic heterocycles. The van der Waals surface area contributed by atoms with Crippen LogP contribution in [0.25, 0.3) is 0 Å². The summed E-state index contributed by atoms with van der Waals surface area (Å²) < 4.78 is 74.8. The zero-order valence-electron chi connectivity index (χ0n) is 31.0. The molecule has 0 heterocycles. The van der Waals surface area contributed by atoms with Crippen molar-refractivity contribution in [2.75, 3.05) is 192 Å². The van der Waals surface area contributed by atoms with Gasteiger partial charge in [0.15, 0.2) is 0 Å². The SMILES string of the molecule is O=C(O)CCOCCOCCOCCOCCOCCOCCOCCOCCOCCOCCOCCOCCOCCNC(=O)COCC(=O)O. The van der Waals surface area contributed by atoms with Crippen molar-refractivity contribution in [1.29, 1.82) is 0 Å². The summed E-state index contributed by atoms with van der Waals surface area (Å²) in [6, 6.07) is 0. The van der Waals surface area contributed by atoms with Crippen LogP contribution in [0.3, 0.4) is 0 Å². The Bertz CT molecular complexity index is 798. The largest absolute Gasteiger partial charge is 0.481 e. The first kappa shape index (κ1) is 50.9. The third-order valence-corrected chi connectivity index (χ3v) is 5.95. The number of nitrogens with one attached hydrogen (secondary N) is 1. The second-order valence-electron chi connectivity index (χ2n) is 10.3. The van der Waals surface area contributed by atoms with Gasteiger partial charge in [-0.1, -0.05) is 0 Å². The number of carboxylic acid groups (broad SMARTS) is 2. The minimum absolute atomic E-state index is 0.0108. The van der Waals surface area contributed by atoms with Crippen LogP contribution in [-0.2, 0) is 80.7 Å². The number of ether oxygens (including phenoxy) is 14. The van der Waals surface area contributed by atoms with Gasteiger partial charge in [0, 0.05) is 6.54 Å². The van der Waals surface area contributed by atoms with Gasteiger partial charge in [0.25, 0.3) is 0 Å². The maximum absolute atomic E-state index is 11.4. The van der Waals surface area contributed by atoms with Gasteiger partial charge in [-0.2, -0.15) is 0 Å². The molecule has 0 radical (unpaired) electrons. The molecule has 0 atom stereocenters. The predicted octanol–water partition coefficient (Wildman–Crippen LogP) is -1.11. The van der Waals surface area contributed by atoms with Crippen LogP contribution in [0.15, 0.2) is 0 Å². The molecule has 0 saturated carbocycles. The van der Waals surface area contributed by atoms with E-state index in [-0.39, 0.29) is 19.6 Å². The van der Waals surface area contributed by atoms with E-state index in [9.17, 15) is 14.4 Å². The van der Waals surface area contributed by atoms with Crippen molar-refractivity contribution in [1.82, 2.24) is 5.32 Å². The first-order valence-electron chi connectivity index (χ1n) is 17.8. The Morgan fingerprint density at radius 1 is 0.302 bits per heavy atom. The summed E-state index contributed by atoms with van der Waals surface area (Å²) in [4.78, 5) is 32.0. The van der Waals surface area contributed by atoms with E-state index in [1.807, 2.05) is 0 Å². The number of hydrogen-bond acceptors (Lipinski definition) is 17. The van der Waals surface area contributed by atoms with Crippen LogP contribution in [-0.4, -0.2) is 220 Å². The van der Waals surface area contributed by atoms with Crippen molar-refractivity contribution < 1.29 is 90.9 Å². The lowest BCUT2D eigenvalue weighted by Crippen LogP contribution is -2.31. The van der Waals surface area contributed by atoms with Gasteiger partial charge in [0.2, 0.25) is 5.91 Å². The van der Waals surface area contributed by atoms with Crippen molar-refractivity contribution >= 4 is 17.8 Å². The predicted molar refractivity (Wildman–Crippen MR) is 184 cm³/mol. The number of aliphatic carboxylic acids is 2. The van der Waals surface area contributed by atoms with Crippen LogP contribution in [0.2, 0.25) is 0 Å². The molecule has 0 aliphatic heterocycles. The van der Waals surface area contributed by atoms with Gasteiger partial charge in [-0.3, -0.25) is 9.59 Å². The van der Waals surface area contributed by atoms with Crippen LogP contribution >= 0.6 is 0 Å². The van der Waals surface area contributed by atoms with E-state index in [0.29, 0.717) is 172 Å². The molecule has 314 valence electrons. The summed E-state index contributed by atoms with van der Waals surface area (Å²) in [6.45, 7) is 10.7. The van der Waals surface area contributed by atoms with Gasteiger partial charge in [0.1, 0.15) is 13.2 Å². The fraction of sp³-hybridized carbons (Fsp3) is 0.909. The molecule has 0 saturated heterocycles. The standard InChI is InChI=1S/C33H63NO19/c35-31(29-53-30-33(38)39)34-2-4-41-6-8-43-10-12-45-14-16-47-18-20-49-22-24-51-26-28-52-27-25-50-23-21-48-19-17-46-15-13-44-11-9-42-7-5-40-3-1-32(36)37/h1-30H2,(H,34,35)(H,36,37)(H,38,39). The maximum Gasteiger partial charge on any atom is 0.329 e. The number of amides is 1. The maximum atomic E-state index is 11.4. The highest BCUT2D eigenvalue weighted by Gasteiger charge is 2.03. The molecule has 0 aromatic rings. The Balaban J connectivity index is 3.09. The van der Waals surface area contributed by atoms with Gasteiger partial charge in [0.05, 0.1) is 178 Å². The Hall–Kier alpha value is -2.15. The Morgan fingerprint density at radius 2 is 0.547 bits per heavy atom. The van der Waals surface area contributed by atoms with Gasteiger partial charge in [-0.15, -0.1) is 0 Å². The third kappa shape index (κ3) is 47.8. The lowest BCUT2D eigenvalue weighted by Gasteiger charge is -2.09. The summed E-state index contributed by atoms with van der Waals surface area (Å²) in [7, 11) is 0. The normalized spacial score (nSPS) is 11.3. The minimum Gasteiger partial charge on any atom is -0.481 e. The van der Waals surface area contributed by atoms with E-state index in [1.165, 1.54) is 0 Å². The second kappa shape index (κ2) is 44.2. The van der Waals surface area contributed by atoms with Crippen LogP contribution < -0.4 is 5.32 Å². The van der Waals surface area contributed by atoms with Crippen molar-refractivity contribution in [3.8, 4) is 0 Å². The van der Waals surface area contributed by atoms with Crippen molar-refractivity contribution in [3.63, 3.8) is 0 Å². The third-order valence-electron chi connectivity index (χ3n) is 5.95. The molecule has 0 bridgehead atoms. The Morgan fingerprint density at radius 3 is 0.792 bits per heavy atom. The smallest absolute Gasteiger partial charge is 0.329 e. The topological polar surface area (TPSA) is 233 Å². The molecule has 3 N–H and O–H groups in total. The minimum atomic E-state index is -1.13. The summed E-state index contributed by atoms with van der Waals surface area (Å²) in [5, 5.41) is 19.5. The zero-order valence-corrected chi connectivity index (χ0v) is 31.0. The highest BCUT2D eigenvalue weighted by atomic mass is 16.6. The van der Waals surface area contributed by atoms with E-state index in [0.717, 1.165) is 0 Å². The van der Waals surface area contributed by atoms with Crippen LogP contribution in [0.4, 0.5) is 0 Å². The molecule has 1 amide bonds. The monoisotopic (exact) mass is 777 g/mol. The average Bonchev–Trinajstić information content (AvgIpc) is 3.13. The number of carboxylic acids is 2. The number of carbonyl (C=O) groups is 3. The highest BCUT2D eigenvalue weighted by molar-refractivity contribution is 5.77.